The monoisotopic (exact) mass is 476 g/mol. The summed E-state index contributed by atoms with van der Waals surface area (Å²) in [4.78, 5) is 16.8. The van der Waals surface area contributed by atoms with Gasteiger partial charge in [-0.15, -0.1) is 0 Å². The molecule has 30 heavy (non-hydrogen) atoms. The van der Waals surface area contributed by atoms with Crippen LogP contribution in [-0.4, -0.2) is 27.1 Å². The molecule has 0 aliphatic heterocycles. The number of nitrogens with zero attached hydrogens (tertiary/aromatic N) is 2. The van der Waals surface area contributed by atoms with Crippen LogP contribution in [0.3, 0.4) is 0 Å². The van der Waals surface area contributed by atoms with E-state index in [0.717, 1.165) is 28.3 Å². The molecule has 0 amide bonds. The highest BCUT2D eigenvalue weighted by Crippen LogP contribution is 2.29. The van der Waals surface area contributed by atoms with Crippen LogP contribution in [0.1, 0.15) is 68.9 Å². The first-order chi connectivity index (χ1) is 14.5. The minimum absolute atomic E-state index is 0.0632. The number of carbonyl (C=O) groups is 1. The minimum Gasteiger partial charge on any atom is -0.493 e. The van der Waals surface area contributed by atoms with Gasteiger partial charge in [0.15, 0.2) is 17.2 Å². The molecular formula is C25H37BrN2O2. The second kappa shape index (κ2) is 14.8. The molecule has 0 radical (unpaired) electrons. The van der Waals surface area contributed by atoms with Crippen molar-refractivity contribution >= 4 is 27.4 Å². The maximum Gasteiger partial charge on any atom is 0.180 e. The zero-order chi connectivity index (χ0) is 23.3. The molecule has 2 aromatic heterocycles. The fourth-order valence-electron chi connectivity index (χ4n) is 2.81. The van der Waals surface area contributed by atoms with E-state index < -0.39 is 0 Å². The number of ketones is 1. The van der Waals surface area contributed by atoms with Crippen LogP contribution in [-0.2, 0) is 6.42 Å². The number of methoxy groups -OCH3 is 1. The Hall–Kier alpha value is -2.14. The number of halogens is 1. The smallest absolute Gasteiger partial charge is 0.180 e. The van der Waals surface area contributed by atoms with Crippen molar-refractivity contribution in [1.29, 1.82) is 0 Å². The number of aryl methyl sites for hydroxylation is 2. The molecule has 3 aromatic rings. The lowest BCUT2D eigenvalue weighted by Crippen LogP contribution is -2.17. The van der Waals surface area contributed by atoms with Crippen molar-refractivity contribution < 1.29 is 9.53 Å². The number of imidazole rings is 1. The highest BCUT2D eigenvalue weighted by atomic mass is 79.9. The van der Waals surface area contributed by atoms with Gasteiger partial charge in [-0.25, -0.2) is 4.98 Å². The predicted molar refractivity (Wildman–Crippen MR) is 132 cm³/mol. The fourth-order valence-corrected chi connectivity index (χ4v) is 3.42. The maximum atomic E-state index is 12.6. The van der Waals surface area contributed by atoms with Crippen LogP contribution >= 0.6 is 15.9 Å². The highest BCUT2D eigenvalue weighted by molar-refractivity contribution is 9.10. The number of hydrogen-bond acceptors (Lipinski definition) is 3. The lowest BCUT2D eigenvalue weighted by molar-refractivity contribution is 0.0991. The first-order valence-corrected chi connectivity index (χ1v) is 11.7. The van der Waals surface area contributed by atoms with Gasteiger partial charge in [-0.3, -0.25) is 4.79 Å². The van der Waals surface area contributed by atoms with Crippen molar-refractivity contribution in [3.05, 3.63) is 65.1 Å². The molecule has 1 unspecified atom stereocenters. The maximum absolute atomic E-state index is 12.6. The first kappa shape index (κ1) is 27.9. The Morgan fingerprint density at radius 3 is 2.13 bits per heavy atom. The van der Waals surface area contributed by atoms with Crippen molar-refractivity contribution in [1.82, 2.24) is 9.38 Å². The second-order valence-electron chi connectivity index (χ2n) is 5.75. The van der Waals surface area contributed by atoms with Crippen molar-refractivity contribution in [2.75, 3.05) is 7.11 Å². The van der Waals surface area contributed by atoms with E-state index in [9.17, 15) is 4.79 Å². The molecule has 0 saturated carbocycles. The molecule has 0 spiro atoms. The number of carbonyl (C=O) groups excluding carboxylic acids is 1. The molecule has 0 bridgehead atoms. The Morgan fingerprint density at radius 1 is 1.03 bits per heavy atom. The molecule has 2 heterocycles. The van der Waals surface area contributed by atoms with E-state index in [1.54, 1.807) is 7.11 Å². The van der Waals surface area contributed by atoms with E-state index in [1.165, 1.54) is 0 Å². The number of Topliss-reactive ketones (excluding diaryl/α,β-unsaturated/α-hetero) is 1. The number of benzene rings is 1. The van der Waals surface area contributed by atoms with Crippen LogP contribution < -0.4 is 4.74 Å². The summed E-state index contributed by atoms with van der Waals surface area (Å²) in [7, 11) is 1.64. The number of fused-ring (bicyclic) bond motifs is 1. The van der Waals surface area contributed by atoms with Crippen LogP contribution in [0.2, 0.25) is 0 Å². The van der Waals surface area contributed by atoms with Gasteiger partial charge in [-0.05, 0) is 26.3 Å². The van der Waals surface area contributed by atoms with Crippen LogP contribution in [0.5, 0.6) is 5.75 Å². The van der Waals surface area contributed by atoms with E-state index in [-0.39, 0.29) is 10.6 Å². The second-order valence-corrected chi connectivity index (χ2v) is 6.86. The number of rotatable bonds is 5. The SMILES string of the molecule is CC.CC.CC.COc1c(CC(Br)C(=O)c2ccccc2)ccn2c(C)c(C)nc12. The topological polar surface area (TPSA) is 43.6 Å². The van der Waals surface area contributed by atoms with E-state index in [0.29, 0.717) is 12.0 Å². The summed E-state index contributed by atoms with van der Waals surface area (Å²) in [5.41, 5.74) is 4.51. The number of alkyl halides is 1. The Labute approximate surface area is 190 Å². The largest absolute Gasteiger partial charge is 0.493 e. The standard InChI is InChI=1S/C19H19BrN2O2.3C2H6/c1-12-13(2)22-10-9-15(18(24-3)19(22)21-12)11-16(20)17(23)14-7-5-4-6-8-14;3*1-2/h4-10,16H,11H2,1-3H3;3*1-2H3. The Balaban J connectivity index is 0.00000129. The van der Waals surface area contributed by atoms with Crippen LogP contribution in [0.15, 0.2) is 42.6 Å². The zero-order valence-corrected chi connectivity index (χ0v) is 21.5. The van der Waals surface area contributed by atoms with Crippen molar-refractivity contribution in [2.45, 2.75) is 66.6 Å². The summed E-state index contributed by atoms with van der Waals surface area (Å²) >= 11 is 3.53. The first-order valence-electron chi connectivity index (χ1n) is 10.8. The summed E-state index contributed by atoms with van der Waals surface area (Å²) in [5.74, 6) is 0.784. The molecule has 1 atom stereocenters. The number of hydrogen-bond donors (Lipinski definition) is 0. The normalized spacial score (nSPS) is 10.5. The third-order valence-electron chi connectivity index (χ3n) is 4.25. The van der Waals surface area contributed by atoms with Crippen LogP contribution in [0.25, 0.3) is 5.65 Å². The summed E-state index contributed by atoms with van der Waals surface area (Å²) in [6, 6.07) is 11.3. The lowest BCUT2D eigenvalue weighted by Gasteiger charge is -2.13. The Kier molecular flexibility index (Phi) is 13.7. The summed E-state index contributed by atoms with van der Waals surface area (Å²) in [5, 5.41) is 0. The van der Waals surface area contributed by atoms with Gasteiger partial charge in [0.25, 0.3) is 0 Å². The molecule has 0 fully saturated rings. The fraction of sp³-hybridized carbons (Fsp3) is 0.440. The summed E-state index contributed by atoms with van der Waals surface area (Å²) in [6.07, 6.45) is 2.52. The van der Waals surface area contributed by atoms with Crippen molar-refractivity contribution in [3.63, 3.8) is 0 Å². The van der Waals surface area contributed by atoms with Gasteiger partial charge in [-0.2, -0.15) is 0 Å². The average Bonchev–Trinajstić information content (AvgIpc) is 3.11. The quantitative estimate of drug-likeness (QED) is 0.288. The van der Waals surface area contributed by atoms with Crippen LogP contribution in [0, 0.1) is 13.8 Å². The molecule has 1 aromatic carbocycles. The molecule has 5 heteroatoms. The molecule has 166 valence electrons. The molecule has 0 aliphatic carbocycles. The highest BCUT2D eigenvalue weighted by Gasteiger charge is 2.21. The third kappa shape index (κ3) is 6.69. The van der Waals surface area contributed by atoms with Gasteiger partial charge >= 0.3 is 0 Å². The third-order valence-corrected chi connectivity index (χ3v) is 4.99. The number of aromatic nitrogens is 2. The van der Waals surface area contributed by atoms with E-state index in [2.05, 4.69) is 20.9 Å². The summed E-state index contributed by atoms with van der Waals surface area (Å²) in [6.45, 7) is 16.0. The zero-order valence-electron chi connectivity index (χ0n) is 19.9. The van der Waals surface area contributed by atoms with Crippen molar-refractivity contribution in [2.24, 2.45) is 0 Å². The number of pyridine rings is 1. The predicted octanol–water partition coefficient (Wildman–Crippen LogP) is 7.23. The average molecular weight is 477 g/mol. The van der Waals surface area contributed by atoms with Crippen LogP contribution in [0.4, 0.5) is 0 Å². The van der Waals surface area contributed by atoms with Gasteiger partial charge in [0.2, 0.25) is 0 Å². The Bertz CT molecular complexity index is 889. The summed E-state index contributed by atoms with van der Waals surface area (Å²) < 4.78 is 7.61. The van der Waals surface area contributed by atoms with Gasteiger partial charge in [-0.1, -0.05) is 87.8 Å². The van der Waals surface area contributed by atoms with E-state index in [4.69, 9.17) is 4.74 Å². The molecule has 0 saturated heterocycles. The van der Waals surface area contributed by atoms with Gasteiger partial charge in [0.1, 0.15) is 0 Å². The minimum atomic E-state index is -0.312. The molecule has 0 N–H and O–H groups in total. The van der Waals surface area contributed by atoms with E-state index >= 15 is 0 Å². The molecule has 4 nitrogen and oxygen atoms in total. The van der Waals surface area contributed by atoms with Gasteiger partial charge in [0, 0.05) is 23.0 Å². The Morgan fingerprint density at radius 2 is 1.60 bits per heavy atom. The number of ether oxygens (including phenoxy) is 1. The van der Waals surface area contributed by atoms with Gasteiger partial charge in [0.05, 0.1) is 17.6 Å². The van der Waals surface area contributed by atoms with Crippen molar-refractivity contribution in [3.8, 4) is 5.75 Å². The lowest BCUT2D eigenvalue weighted by atomic mass is 10.0. The van der Waals surface area contributed by atoms with Gasteiger partial charge < -0.3 is 9.14 Å². The molecule has 0 aliphatic rings. The molecule has 3 rings (SSSR count). The van der Waals surface area contributed by atoms with E-state index in [1.807, 2.05) is 102 Å². The molecular weight excluding hydrogens is 440 g/mol.